The van der Waals surface area contributed by atoms with E-state index in [4.69, 9.17) is 5.84 Å². The number of rotatable bonds is 4. The van der Waals surface area contributed by atoms with Gasteiger partial charge in [-0.1, -0.05) is 0 Å². The Morgan fingerprint density at radius 2 is 2.16 bits per heavy atom. The number of aromatic nitrogens is 3. The number of nitrogens with two attached hydrogens (primary N) is 1. The van der Waals surface area contributed by atoms with Gasteiger partial charge in [0.25, 0.3) is 5.91 Å². The van der Waals surface area contributed by atoms with Crippen LogP contribution in [0.5, 0.6) is 0 Å². The molecule has 19 heavy (non-hydrogen) atoms. The van der Waals surface area contributed by atoms with Crippen LogP contribution in [0.1, 0.15) is 21.7 Å². The fraction of sp³-hybridized carbons (Fsp3) is 0.167. The average molecular weight is 258 g/mol. The summed E-state index contributed by atoms with van der Waals surface area (Å²) in [4.78, 5) is 24.1. The molecule has 2 aromatic heterocycles. The lowest BCUT2D eigenvalue weighted by molar-refractivity contribution is 0.0951. The lowest BCUT2D eigenvalue weighted by Crippen LogP contribution is -2.25. The topological polar surface area (TPSA) is 106 Å². The van der Waals surface area contributed by atoms with Crippen molar-refractivity contribution in [3.8, 4) is 0 Å². The zero-order valence-electron chi connectivity index (χ0n) is 10.4. The number of carbonyl (C=O) groups excluding carboxylic acids is 1. The van der Waals surface area contributed by atoms with Crippen LogP contribution in [0.4, 0.5) is 5.69 Å². The largest absolute Gasteiger partial charge is 0.346 e. The predicted octanol–water partition coefficient (Wildman–Crippen LogP) is 0.396. The molecule has 0 fully saturated rings. The molecular weight excluding hydrogens is 244 g/mol. The van der Waals surface area contributed by atoms with Gasteiger partial charge in [0.05, 0.1) is 41.6 Å². The molecule has 0 saturated heterocycles. The van der Waals surface area contributed by atoms with Crippen LogP contribution in [0.15, 0.2) is 30.9 Å². The van der Waals surface area contributed by atoms with Crippen molar-refractivity contribution in [3.63, 3.8) is 0 Å². The fourth-order valence-electron chi connectivity index (χ4n) is 1.48. The van der Waals surface area contributed by atoms with E-state index >= 15 is 0 Å². The molecule has 0 unspecified atom stereocenters. The highest BCUT2D eigenvalue weighted by atomic mass is 16.1. The van der Waals surface area contributed by atoms with Gasteiger partial charge in [-0.15, -0.1) is 0 Å². The number of hydrogen-bond donors (Lipinski definition) is 3. The molecule has 0 spiro atoms. The second-order valence-corrected chi connectivity index (χ2v) is 3.90. The van der Waals surface area contributed by atoms with Crippen LogP contribution in [0.25, 0.3) is 0 Å². The normalized spacial score (nSPS) is 10.0. The first-order chi connectivity index (χ1) is 9.20. The molecule has 7 nitrogen and oxygen atoms in total. The van der Waals surface area contributed by atoms with E-state index < -0.39 is 0 Å². The fourth-order valence-corrected chi connectivity index (χ4v) is 1.48. The van der Waals surface area contributed by atoms with Crippen molar-refractivity contribution in [2.24, 2.45) is 5.84 Å². The van der Waals surface area contributed by atoms with Gasteiger partial charge in [-0.3, -0.25) is 25.6 Å². The van der Waals surface area contributed by atoms with Crippen molar-refractivity contribution in [1.82, 2.24) is 20.3 Å². The zero-order valence-corrected chi connectivity index (χ0v) is 10.4. The molecule has 2 aromatic rings. The Bertz CT molecular complexity index is 569. The number of nitrogens with zero attached hydrogens (tertiary/aromatic N) is 3. The molecule has 2 rings (SSSR count). The second-order valence-electron chi connectivity index (χ2n) is 3.90. The summed E-state index contributed by atoms with van der Waals surface area (Å²) >= 11 is 0. The molecule has 4 N–H and O–H groups in total. The summed E-state index contributed by atoms with van der Waals surface area (Å²) in [6.45, 7) is 2.16. The van der Waals surface area contributed by atoms with Crippen molar-refractivity contribution < 1.29 is 4.79 Å². The SMILES string of the molecule is Cc1cnc(CNC(=O)c2ccncc2NN)cn1. The number of amides is 1. The number of nitrogen functional groups attached to an aromatic ring is 1. The van der Waals surface area contributed by atoms with Gasteiger partial charge in [-0.05, 0) is 13.0 Å². The van der Waals surface area contributed by atoms with Crippen molar-refractivity contribution in [2.75, 3.05) is 5.43 Å². The monoisotopic (exact) mass is 258 g/mol. The highest BCUT2D eigenvalue weighted by Gasteiger charge is 2.10. The van der Waals surface area contributed by atoms with Gasteiger partial charge in [0, 0.05) is 12.4 Å². The average Bonchev–Trinajstić information content (AvgIpc) is 2.46. The Kier molecular flexibility index (Phi) is 3.99. The Labute approximate surface area is 110 Å². The summed E-state index contributed by atoms with van der Waals surface area (Å²) < 4.78 is 0. The molecule has 7 heteroatoms. The Hall–Kier alpha value is -2.54. The molecule has 0 aromatic carbocycles. The number of hydrazine groups is 1. The molecule has 1 amide bonds. The predicted molar refractivity (Wildman–Crippen MR) is 70.0 cm³/mol. The third-order valence-corrected chi connectivity index (χ3v) is 2.49. The number of pyridine rings is 1. The number of aryl methyl sites for hydroxylation is 1. The highest BCUT2D eigenvalue weighted by Crippen LogP contribution is 2.11. The molecule has 0 aliphatic carbocycles. The van der Waals surface area contributed by atoms with E-state index in [0.717, 1.165) is 5.69 Å². The first-order valence-electron chi connectivity index (χ1n) is 5.67. The van der Waals surface area contributed by atoms with E-state index in [1.54, 1.807) is 18.5 Å². The number of carbonyl (C=O) groups is 1. The van der Waals surface area contributed by atoms with E-state index in [0.29, 0.717) is 23.5 Å². The van der Waals surface area contributed by atoms with E-state index in [9.17, 15) is 4.79 Å². The van der Waals surface area contributed by atoms with Gasteiger partial charge in [0.1, 0.15) is 0 Å². The van der Waals surface area contributed by atoms with Crippen LogP contribution in [-0.4, -0.2) is 20.9 Å². The number of hydrogen-bond acceptors (Lipinski definition) is 6. The lowest BCUT2D eigenvalue weighted by Gasteiger charge is -2.08. The van der Waals surface area contributed by atoms with Gasteiger partial charge in [-0.2, -0.15) is 0 Å². The summed E-state index contributed by atoms with van der Waals surface area (Å²) in [5.41, 5.74) is 4.85. The van der Waals surface area contributed by atoms with Gasteiger partial charge in [-0.25, -0.2) is 0 Å². The number of nitrogens with one attached hydrogen (secondary N) is 2. The molecule has 0 radical (unpaired) electrons. The van der Waals surface area contributed by atoms with E-state index in [1.807, 2.05) is 6.92 Å². The minimum Gasteiger partial charge on any atom is -0.346 e. The van der Waals surface area contributed by atoms with Crippen LogP contribution in [0.3, 0.4) is 0 Å². The lowest BCUT2D eigenvalue weighted by atomic mass is 10.2. The van der Waals surface area contributed by atoms with Gasteiger partial charge >= 0.3 is 0 Å². The minimum absolute atomic E-state index is 0.252. The molecule has 0 bridgehead atoms. The number of anilines is 1. The standard InChI is InChI=1S/C12H14N6O/c1-8-4-16-9(5-15-8)6-17-12(19)10-2-3-14-7-11(10)18-13/h2-5,7,18H,6,13H2,1H3,(H,17,19). The Balaban J connectivity index is 2.03. The maximum Gasteiger partial charge on any atom is 0.253 e. The van der Waals surface area contributed by atoms with E-state index in [2.05, 4.69) is 25.7 Å². The molecule has 0 aliphatic rings. The summed E-state index contributed by atoms with van der Waals surface area (Å²) in [6.07, 6.45) is 6.30. The molecule has 0 saturated carbocycles. The second kappa shape index (κ2) is 5.87. The van der Waals surface area contributed by atoms with Crippen molar-refractivity contribution in [2.45, 2.75) is 13.5 Å². The van der Waals surface area contributed by atoms with Crippen LogP contribution < -0.4 is 16.6 Å². The van der Waals surface area contributed by atoms with Crippen molar-refractivity contribution in [1.29, 1.82) is 0 Å². The summed E-state index contributed by atoms with van der Waals surface area (Å²) in [7, 11) is 0. The minimum atomic E-state index is -0.252. The Morgan fingerprint density at radius 1 is 1.32 bits per heavy atom. The summed E-state index contributed by atoms with van der Waals surface area (Å²) in [6, 6.07) is 1.59. The molecule has 2 heterocycles. The van der Waals surface area contributed by atoms with Crippen LogP contribution >= 0.6 is 0 Å². The van der Waals surface area contributed by atoms with Crippen molar-refractivity contribution in [3.05, 3.63) is 47.8 Å². The van der Waals surface area contributed by atoms with Crippen LogP contribution in [0.2, 0.25) is 0 Å². The first kappa shape index (κ1) is 12.9. The van der Waals surface area contributed by atoms with E-state index in [-0.39, 0.29) is 5.91 Å². The van der Waals surface area contributed by atoms with Crippen LogP contribution in [0, 0.1) is 6.92 Å². The quantitative estimate of drug-likeness (QED) is 0.541. The van der Waals surface area contributed by atoms with Crippen LogP contribution in [-0.2, 0) is 6.54 Å². The third-order valence-electron chi connectivity index (χ3n) is 2.49. The van der Waals surface area contributed by atoms with E-state index in [1.165, 1.54) is 12.4 Å². The Morgan fingerprint density at radius 3 is 2.84 bits per heavy atom. The maximum atomic E-state index is 12.0. The van der Waals surface area contributed by atoms with Gasteiger partial charge < -0.3 is 10.7 Å². The molecule has 0 aliphatic heterocycles. The molecule has 0 atom stereocenters. The molecule has 98 valence electrons. The maximum absolute atomic E-state index is 12.0. The zero-order chi connectivity index (χ0) is 13.7. The third kappa shape index (κ3) is 3.23. The molecular formula is C12H14N6O. The summed E-state index contributed by atoms with van der Waals surface area (Å²) in [5.74, 6) is 5.07. The first-order valence-corrected chi connectivity index (χ1v) is 5.67. The van der Waals surface area contributed by atoms with Gasteiger partial charge in [0.15, 0.2) is 0 Å². The smallest absolute Gasteiger partial charge is 0.253 e. The van der Waals surface area contributed by atoms with Gasteiger partial charge in [0.2, 0.25) is 0 Å². The van der Waals surface area contributed by atoms with Crippen molar-refractivity contribution >= 4 is 11.6 Å². The summed E-state index contributed by atoms with van der Waals surface area (Å²) in [5, 5.41) is 2.74. The highest BCUT2D eigenvalue weighted by molar-refractivity contribution is 5.99.